The van der Waals surface area contributed by atoms with E-state index in [9.17, 15) is 9.18 Å². The van der Waals surface area contributed by atoms with E-state index in [2.05, 4.69) is 15.3 Å². The van der Waals surface area contributed by atoms with Crippen LogP contribution in [0.2, 0.25) is 0 Å². The Morgan fingerprint density at radius 1 is 1.03 bits per heavy atom. The van der Waals surface area contributed by atoms with Crippen LogP contribution in [0.15, 0.2) is 66.9 Å². The lowest BCUT2D eigenvalue weighted by molar-refractivity contribution is 0.0955. The molecule has 4 rings (SSSR count). The minimum atomic E-state index is -0.434. The van der Waals surface area contributed by atoms with Crippen LogP contribution >= 0.6 is 0 Å². The Balaban J connectivity index is 1.71. The number of halogens is 1. The average Bonchev–Trinajstić information content (AvgIpc) is 2.83. The minimum absolute atomic E-state index is 0.312. The number of nitrogens with one attached hydrogen (secondary N) is 1. The van der Waals surface area contributed by atoms with Crippen molar-refractivity contribution in [3.8, 4) is 22.8 Å². The molecule has 0 fully saturated rings. The number of rotatable bonds is 7. The summed E-state index contributed by atoms with van der Waals surface area (Å²) in [6, 6.07) is 16.9. The van der Waals surface area contributed by atoms with Gasteiger partial charge >= 0.3 is 0 Å². The molecule has 1 amide bonds. The molecule has 2 aromatic heterocycles. The molecule has 2 aromatic carbocycles. The number of hydrogen-bond acceptors (Lipinski definition) is 5. The fraction of sp³-hybridized carbons (Fsp3) is 0.160. The lowest BCUT2D eigenvalue weighted by Gasteiger charge is -2.13. The molecule has 162 valence electrons. The van der Waals surface area contributed by atoms with Crippen molar-refractivity contribution in [2.45, 2.75) is 6.42 Å². The standard InChI is InChI=1S/C25H22FN3O3/c1-31-18-7-8-19(24(14-18)32-2)23-15-21(20-13-16(26)6-9-22(20)29-23)25(30)28-12-10-17-5-3-4-11-27-17/h3-9,11,13-15H,10,12H2,1-2H3,(H,28,30). The summed E-state index contributed by atoms with van der Waals surface area (Å²) in [7, 11) is 3.13. The lowest BCUT2D eigenvalue weighted by Crippen LogP contribution is -2.26. The van der Waals surface area contributed by atoms with Crippen LogP contribution < -0.4 is 14.8 Å². The van der Waals surface area contributed by atoms with Crippen molar-refractivity contribution in [1.29, 1.82) is 0 Å². The molecule has 4 aromatic rings. The molecule has 2 heterocycles. The molecule has 7 heteroatoms. The fourth-order valence-corrected chi connectivity index (χ4v) is 3.48. The van der Waals surface area contributed by atoms with Crippen molar-refractivity contribution < 1.29 is 18.7 Å². The summed E-state index contributed by atoms with van der Waals surface area (Å²) < 4.78 is 24.7. The minimum Gasteiger partial charge on any atom is -0.497 e. The van der Waals surface area contributed by atoms with Crippen LogP contribution in [0.4, 0.5) is 4.39 Å². The molecule has 0 saturated heterocycles. The molecule has 1 N–H and O–H groups in total. The maximum atomic E-state index is 14.0. The van der Waals surface area contributed by atoms with Crippen LogP contribution in [-0.4, -0.2) is 36.6 Å². The van der Waals surface area contributed by atoms with Gasteiger partial charge in [0.1, 0.15) is 17.3 Å². The molecule has 0 radical (unpaired) electrons. The molecule has 0 spiro atoms. The van der Waals surface area contributed by atoms with Gasteiger partial charge in [0.05, 0.1) is 31.0 Å². The zero-order valence-corrected chi connectivity index (χ0v) is 17.8. The summed E-state index contributed by atoms with van der Waals surface area (Å²) in [5.41, 5.74) is 2.96. The second-order valence-electron chi connectivity index (χ2n) is 7.11. The van der Waals surface area contributed by atoms with Gasteiger partial charge in [-0.1, -0.05) is 6.07 Å². The van der Waals surface area contributed by atoms with E-state index < -0.39 is 5.82 Å². The third-order valence-electron chi connectivity index (χ3n) is 5.09. The molecule has 0 saturated carbocycles. The first-order valence-electron chi connectivity index (χ1n) is 10.1. The molecular weight excluding hydrogens is 409 g/mol. The first kappa shape index (κ1) is 21.2. The molecule has 0 bridgehead atoms. The van der Waals surface area contributed by atoms with Crippen molar-refractivity contribution >= 4 is 16.8 Å². The van der Waals surface area contributed by atoms with Crippen LogP contribution in [0.1, 0.15) is 16.1 Å². The lowest BCUT2D eigenvalue weighted by atomic mass is 10.0. The summed E-state index contributed by atoms with van der Waals surface area (Å²) in [4.78, 5) is 22.0. The number of fused-ring (bicyclic) bond motifs is 1. The molecule has 0 atom stereocenters. The van der Waals surface area contributed by atoms with Gasteiger partial charge in [0.25, 0.3) is 5.91 Å². The van der Waals surface area contributed by atoms with Gasteiger partial charge in [-0.05, 0) is 48.5 Å². The Morgan fingerprint density at radius 2 is 1.91 bits per heavy atom. The highest BCUT2D eigenvalue weighted by Gasteiger charge is 2.17. The highest BCUT2D eigenvalue weighted by molar-refractivity contribution is 6.07. The second-order valence-corrected chi connectivity index (χ2v) is 7.11. The van der Waals surface area contributed by atoms with Crippen molar-refractivity contribution in [3.63, 3.8) is 0 Å². The second kappa shape index (κ2) is 9.43. The van der Waals surface area contributed by atoms with Crippen LogP contribution in [0.25, 0.3) is 22.2 Å². The van der Waals surface area contributed by atoms with Gasteiger partial charge in [0, 0.05) is 41.9 Å². The maximum absolute atomic E-state index is 14.0. The Kier molecular flexibility index (Phi) is 6.26. The van der Waals surface area contributed by atoms with E-state index in [1.54, 1.807) is 44.7 Å². The van der Waals surface area contributed by atoms with Gasteiger partial charge in [-0.25, -0.2) is 9.37 Å². The van der Waals surface area contributed by atoms with Gasteiger partial charge in [-0.15, -0.1) is 0 Å². The monoisotopic (exact) mass is 431 g/mol. The van der Waals surface area contributed by atoms with E-state index >= 15 is 0 Å². The van der Waals surface area contributed by atoms with Crippen molar-refractivity contribution in [2.75, 3.05) is 20.8 Å². The number of pyridine rings is 2. The SMILES string of the molecule is COc1ccc(-c2cc(C(=O)NCCc3ccccn3)c3cc(F)ccc3n2)c(OC)c1. The number of benzene rings is 2. The van der Waals surface area contributed by atoms with E-state index in [1.807, 2.05) is 24.3 Å². The van der Waals surface area contributed by atoms with Crippen LogP contribution in [0.5, 0.6) is 11.5 Å². The number of amides is 1. The number of aromatic nitrogens is 2. The normalized spacial score (nSPS) is 10.7. The van der Waals surface area contributed by atoms with Gasteiger partial charge in [0.2, 0.25) is 0 Å². The van der Waals surface area contributed by atoms with Crippen molar-refractivity contribution in [1.82, 2.24) is 15.3 Å². The Morgan fingerprint density at radius 3 is 2.66 bits per heavy atom. The summed E-state index contributed by atoms with van der Waals surface area (Å²) in [6.45, 7) is 0.399. The first-order chi connectivity index (χ1) is 15.6. The first-order valence-corrected chi connectivity index (χ1v) is 10.1. The van der Waals surface area contributed by atoms with Gasteiger partial charge in [-0.2, -0.15) is 0 Å². The fourth-order valence-electron chi connectivity index (χ4n) is 3.48. The van der Waals surface area contributed by atoms with Crippen molar-refractivity contribution in [3.05, 3.63) is 83.9 Å². The van der Waals surface area contributed by atoms with Gasteiger partial charge < -0.3 is 14.8 Å². The van der Waals surface area contributed by atoms with E-state index in [4.69, 9.17) is 9.47 Å². The molecule has 32 heavy (non-hydrogen) atoms. The molecule has 6 nitrogen and oxygen atoms in total. The smallest absolute Gasteiger partial charge is 0.252 e. The van der Waals surface area contributed by atoms with Crippen LogP contribution in [0, 0.1) is 5.82 Å². The highest BCUT2D eigenvalue weighted by Crippen LogP contribution is 2.34. The Labute approximate surface area is 185 Å². The highest BCUT2D eigenvalue weighted by atomic mass is 19.1. The van der Waals surface area contributed by atoms with Crippen molar-refractivity contribution in [2.24, 2.45) is 0 Å². The van der Waals surface area contributed by atoms with E-state index in [-0.39, 0.29) is 5.91 Å². The largest absolute Gasteiger partial charge is 0.497 e. The third-order valence-corrected chi connectivity index (χ3v) is 5.09. The average molecular weight is 431 g/mol. The zero-order valence-electron chi connectivity index (χ0n) is 17.8. The van der Waals surface area contributed by atoms with Crippen LogP contribution in [-0.2, 0) is 6.42 Å². The Hall–Kier alpha value is -4.00. The number of methoxy groups -OCH3 is 2. The summed E-state index contributed by atoms with van der Waals surface area (Å²) in [6.07, 6.45) is 2.30. The quantitative estimate of drug-likeness (QED) is 0.469. The van der Waals surface area contributed by atoms with Gasteiger partial charge in [-0.3, -0.25) is 9.78 Å². The summed E-state index contributed by atoms with van der Waals surface area (Å²) in [5.74, 6) is 0.449. The third kappa shape index (κ3) is 4.51. The number of carbonyl (C=O) groups excluding carboxylic acids is 1. The predicted octanol–water partition coefficient (Wildman–Crippen LogP) is 4.43. The molecular formula is C25H22FN3O3. The van der Waals surface area contributed by atoms with E-state index in [0.29, 0.717) is 52.2 Å². The number of hydrogen-bond donors (Lipinski definition) is 1. The van der Waals surface area contributed by atoms with E-state index in [1.165, 1.54) is 12.1 Å². The molecule has 0 unspecified atom stereocenters. The number of ether oxygens (including phenoxy) is 2. The topological polar surface area (TPSA) is 73.3 Å². The predicted molar refractivity (Wildman–Crippen MR) is 121 cm³/mol. The maximum Gasteiger partial charge on any atom is 0.252 e. The van der Waals surface area contributed by atoms with Crippen LogP contribution in [0.3, 0.4) is 0 Å². The van der Waals surface area contributed by atoms with E-state index in [0.717, 1.165) is 5.69 Å². The van der Waals surface area contributed by atoms with Gasteiger partial charge in [0.15, 0.2) is 0 Å². The number of carbonyl (C=O) groups is 1. The molecule has 0 aliphatic heterocycles. The Bertz CT molecular complexity index is 1260. The summed E-state index contributed by atoms with van der Waals surface area (Å²) >= 11 is 0. The summed E-state index contributed by atoms with van der Waals surface area (Å²) in [5, 5.41) is 3.35. The zero-order chi connectivity index (χ0) is 22.5. The number of nitrogens with zero attached hydrogens (tertiary/aromatic N) is 2. The molecule has 0 aliphatic rings. The molecule has 0 aliphatic carbocycles.